The van der Waals surface area contributed by atoms with Gasteiger partial charge in [0.2, 0.25) is 0 Å². The lowest BCUT2D eigenvalue weighted by atomic mass is 10.2. The molecule has 0 aliphatic carbocycles. The Morgan fingerprint density at radius 2 is 2.11 bits per heavy atom. The minimum Gasteiger partial charge on any atom is -0.465 e. The minimum atomic E-state index is -0.848. The first-order chi connectivity index (χ1) is 13.0. The number of hydrogen-bond acceptors (Lipinski definition) is 7. The average Bonchev–Trinajstić information content (AvgIpc) is 3.18. The summed E-state index contributed by atoms with van der Waals surface area (Å²) < 4.78 is 19.4. The Hall–Kier alpha value is -4.13. The molecule has 0 aromatic carbocycles. The van der Waals surface area contributed by atoms with E-state index in [9.17, 15) is 14.0 Å². The van der Waals surface area contributed by atoms with Gasteiger partial charge >= 0.3 is 5.97 Å². The van der Waals surface area contributed by atoms with E-state index in [1.165, 1.54) is 12.1 Å². The number of aromatic nitrogens is 4. The molecule has 0 saturated heterocycles. The molecule has 0 aliphatic rings. The van der Waals surface area contributed by atoms with Crippen molar-refractivity contribution < 1.29 is 18.7 Å². The largest absolute Gasteiger partial charge is 0.465 e. The van der Waals surface area contributed by atoms with Crippen molar-refractivity contribution in [3.05, 3.63) is 65.5 Å². The Morgan fingerprint density at radius 1 is 1.30 bits per heavy atom. The number of carbonyl (C=O) groups is 2. The predicted molar refractivity (Wildman–Crippen MR) is 89.6 cm³/mol. The molecule has 3 rings (SSSR count). The van der Waals surface area contributed by atoms with Crippen molar-refractivity contribution in [1.29, 1.82) is 5.26 Å². The normalized spacial score (nSPS) is 10.1. The second-order valence-electron chi connectivity index (χ2n) is 5.19. The molecule has 0 radical (unpaired) electrons. The quantitative estimate of drug-likeness (QED) is 0.697. The summed E-state index contributed by atoms with van der Waals surface area (Å²) in [6.45, 7) is 0. The van der Waals surface area contributed by atoms with Crippen molar-refractivity contribution in [2.45, 2.75) is 0 Å². The molecule has 9 nitrogen and oxygen atoms in total. The summed E-state index contributed by atoms with van der Waals surface area (Å²) in [6, 6.07) is 7.44. The third-order valence-corrected chi connectivity index (χ3v) is 3.46. The highest BCUT2D eigenvalue weighted by atomic mass is 19.1. The summed E-state index contributed by atoms with van der Waals surface area (Å²) in [7, 11) is 1.13. The monoisotopic (exact) mass is 366 g/mol. The highest BCUT2D eigenvalue weighted by Gasteiger charge is 2.18. The Kier molecular flexibility index (Phi) is 4.85. The third kappa shape index (κ3) is 3.77. The molecule has 0 aliphatic heterocycles. The molecule has 1 N–H and O–H groups in total. The smallest absolute Gasteiger partial charge is 0.341 e. The molecule has 3 heterocycles. The lowest BCUT2D eigenvalue weighted by Crippen LogP contribution is -2.18. The van der Waals surface area contributed by atoms with Gasteiger partial charge in [0.05, 0.1) is 18.9 Å². The summed E-state index contributed by atoms with van der Waals surface area (Å²) in [5, 5.41) is 18.9. The Bertz CT molecular complexity index is 1060. The Labute approximate surface area is 152 Å². The number of nitrogens with zero attached hydrogens (tertiary/aromatic N) is 5. The van der Waals surface area contributed by atoms with Crippen LogP contribution < -0.4 is 5.32 Å². The lowest BCUT2D eigenvalue weighted by Gasteiger charge is -2.08. The van der Waals surface area contributed by atoms with Crippen LogP contribution in [-0.2, 0) is 4.74 Å². The highest BCUT2D eigenvalue weighted by molar-refractivity contribution is 6.06. The van der Waals surface area contributed by atoms with Crippen molar-refractivity contribution in [2.75, 3.05) is 12.4 Å². The average molecular weight is 366 g/mol. The fourth-order valence-corrected chi connectivity index (χ4v) is 2.17. The number of nitriles is 1. The molecule has 0 bridgehead atoms. The van der Waals surface area contributed by atoms with Crippen LogP contribution in [0.3, 0.4) is 0 Å². The van der Waals surface area contributed by atoms with Gasteiger partial charge in [-0.1, -0.05) is 0 Å². The van der Waals surface area contributed by atoms with Gasteiger partial charge in [-0.05, 0) is 24.3 Å². The van der Waals surface area contributed by atoms with E-state index in [0.717, 1.165) is 19.4 Å². The van der Waals surface area contributed by atoms with Crippen molar-refractivity contribution in [3.63, 3.8) is 0 Å². The molecule has 0 spiro atoms. The third-order valence-electron chi connectivity index (χ3n) is 3.46. The highest BCUT2D eigenvalue weighted by Crippen LogP contribution is 2.16. The van der Waals surface area contributed by atoms with Crippen LogP contribution in [0.1, 0.15) is 26.4 Å². The molecule has 27 heavy (non-hydrogen) atoms. The second kappa shape index (κ2) is 7.40. The van der Waals surface area contributed by atoms with Gasteiger partial charge in [0, 0.05) is 12.4 Å². The van der Waals surface area contributed by atoms with E-state index in [2.05, 4.69) is 25.2 Å². The zero-order chi connectivity index (χ0) is 19.4. The fraction of sp³-hybridized carbons (Fsp3) is 0.0588. The van der Waals surface area contributed by atoms with Gasteiger partial charge in [0.25, 0.3) is 5.91 Å². The van der Waals surface area contributed by atoms with E-state index in [1.807, 2.05) is 6.07 Å². The van der Waals surface area contributed by atoms with Gasteiger partial charge in [-0.3, -0.25) is 4.79 Å². The summed E-state index contributed by atoms with van der Waals surface area (Å²) >= 11 is 0. The SMILES string of the molecule is COC(=O)c1cc(F)cnc1NC(=O)c1ccc(-n2ccc(C#N)c2)nn1. The summed E-state index contributed by atoms with van der Waals surface area (Å²) in [5.74, 6) is -2.05. The van der Waals surface area contributed by atoms with E-state index >= 15 is 0 Å². The number of ether oxygens (including phenoxy) is 1. The molecule has 3 aromatic heterocycles. The van der Waals surface area contributed by atoms with Gasteiger partial charge in [0.15, 0.2) is 11.5 Å². The van der Waals surface area contributed by atoms with Crippen LogP contribution in [0.25, 0.3) is 5.82 Å². The standard InChI is InChI=1S/C17H11FN6O3/c1-27-17(26)12-6-11(18)8-20-15(12)21-16(25)13-2-3-14(23-22-13)24-5-4-10(7-19)9-24/h2-6,8-9H,1H3,(H,20,21,25). The second-order valence-corrected chi connectivity index (χ2v) is 5.19. The lowest BCUT2D eigenvalue weighted by molar-refractivity contribution is 0.0601. The van der Waals surface area contributed by atoms with Crippen molar-refractivity contribution in [2.24, 2.45) is 0 Å². The number of hydrogen-bond donors (Lipinski definition) is 1. The maximum absolute atomic E-state index is 13.3. The van der Waals surface area contributed by atoms with Gasteiger partial charge in [0.1, 0.15) is 23.3 Å². The first kappa shape index (κ1) is 17.7. The molecular formula is C17H11FN6O3. The molecule has 1 amide bonds. The van der Waals surface area contributed by atoms with Gasteiger partial charge < -0.3 is 14.6 Å². The van der Waals surface area contributed by atoms with E-state index in [0.29, 0.717) is 11.4 Å². The van der Waals surface area contributed by atoms with Gasteiger partial charge in [-0.25, -0.2) is 14.2 Å². The van der Waals surface area contributed by atoms with Crippen LogP contribution >= 0.6 is 0 Å². The van der Waals surface area contributed by atoms with Gasteiger partial charge in [-0.15, -0.1) is 10.2 Å². The molecular weight excluding hydrogens is 355 g/mol. The first-order valence-corrected chi connectivity index (χ1v) is 7.49. The number of esters is 1. The van der Waals surface area contributed by atoms with E-state index in [1.54, 1.807) is 23.0 Å². The van der Waals surface area contributed by atoms with E-state index < -0.39 is 17.7 Å². The van der Waals surface area contributed by atoms with Crippen LogP contribution in [0.2, 0.25) is 0 Å². The van der Waals surface area contributed by atoms with E-state index in [4.69, 9.17) is 5.26 Å². The maximum atomic E-state index is 13.3. The van der Waals surface area contributed by atoms with Gasteiger partial charge in [-0.2, -0.15) is 5.26 Å². The Balaban J connectivity index is 1.81. The number of methoxy groups -OCH3 is 1. The zero-order valence-corrected chi connectivity index (χ0v) is 13.9. The van der Waals surface area contributed by atoms with Crippen molar-refractivity contribution in [3.8, 4) is 11.9 Å². The topological polar surface area (TPSA) is 123 Å². The summed E-state index contributed by atoms with van der Waals surface area (Å²) in [6.07, 6.45) is 4.05. The summed E-state index contributed by atoms with van der Waals surface area (Å²) in [5.41, 5.74) is 0.177. The molecule has 0 unspecified atom stereocenters. The molecule has 134 valence electrons. The molecule has 0 saturated carbocycles. The first-order valence-electron chi connectivity index (χ1n) is 7.49. The number of rotatable bonds is 4. The molecule has 0 atom stereocenters. The predicted octanol–water partition coefficient (Wildman–Crippen LogP) is 1.71. The van der Waals surface area contributed by atoms with Crippen LogP contribution in [-0.4, -0.2) is 38.7 Å². The minimum absolute atomic E-state index is 0.0478. The van der Waals surface area contributed by atoms with Crippen molar-refractivity contribution in [1.82, 2.24) is 19.7 Å². The number of amides is 1. The number of carbonyl (C=O) groups excluding carboxylic acids is 2. The number of nitrogens with one attached hydrogen (secondary N) is 1. The Morgan fingerprint density at radius 3 is 2.74 bits per heavy atom. The number of pyridine rings is 1. The van der Waals surface area contributed by atoms with E-state index in [-0.39, 0.29) is 17.1 Å². The number of anilines is 1. The van der Waals surface area contributed by atoms with Crippen LogP contribution in [0, 0.1) is 17.1 Å². The van der Waals surface area contributed by atoms with Crippen LogP contribution in [0.15, 0.2) is 42.9 Å². The maximum Gasteiger partial charge on any atom is 0.341 e. The molecule has 3 aromatic rings. The summed E-state index contributed by atoms with van der Waals surface area (Å²) in [4.78, 5) is 27.7. The fourth-order valence-electron chi connectivity index (χ4n) is 2.17. The zero-order valence-electron chi connectivity index (χ0n) is 13.9. The van der Waals surface area contributed by atoms with Crippen LogP contribution in [0.5, 0.6) is 0 Å². The molecule has 0 fully saturated rings. The van der Waals surface area contributed by atoms with Crippen LogP contribution in [0.4, 0.5) is 10.2 Å². The molecule has 10 heteroatoms. The van der Waals surface area contributed by atoms with Crippen molar-refractivity contribution >= 4 is 17.7 Å². The number of halogens is 1.